The monoisotopic (exact) mass is 499 g/mol. The maximum absolute atomic E-state index is 14.5. The smallest absolute Gasteiger partial charge is 0.262 e. The van der Waals surface area contributed by atoms with E-state index in [0.717, 1.165) is 4.88 Å². The molecule has 3 aromatic rings. The molecule has 9 heteroatoms. The van der Waals surface area contributed by atoms with Crippen LogP contribution in [0.15, 0.2) is 71.1 Å². The molecule has 6 nitrogen and oxygen atoms in total. The van der Waals surface area contributed by atoms with Gasteiger partial charge in [-0.2, -0.15) is 5.10 Å². The van der Waals surface area contributed by atoms with Crippen LogP contribution in [0.1, 0.15) is 33.3 Å². The van der Waals surface area contributed by atoms with Gasteiger partial charge in [0.25, 0.3) is 11.8 Å². The first-order valence-corrected chi connectivity index (χ1v) is 12.0. The molecular weight excluding hydrogens is 477 g/mol. The molecule has 4 rings (SSSR count). The second kappa shape index (κ2) is 10.9. The van der Waals surface area contributed by atoms with Crippen molar-refractivity contribution in [3.63, 3.8) is 0 Å². The van der Waals surface area contributed by atoms with E-state index in [1.54, 1.807) is 42.5 Å². The van der Waals surface area contributed by atoms with E-state index in [9.17, 15) is 14.0 Å². The summed E-state index contributed by atoms with van der Waals surface area (Å²) in [5.41, 5.74) is 1.16. The van der Waals surface area contributed by atoms with Gasteiger partial charge in [0.2, 0.25) is 0 Å². The van der Waals surface area contributed by atoms with Crippen molar-refractivity contribution < 1.29 is 18.7 Å². The van der Waals surface area contributed by atoms with Crippen molar-refractivity contribution in [2.45, 2.75) is 12.5 Å². The van der Waals surface area contributed by atoms with E-state index >= 15 is 0 Å². The van der Waals surface area contributed by atoms with Crippen LogP contribution < -0.4 is 0 Å². The summed E-state index contributed by atoms with van der Waals surface area (Å²) >= 11 is 7.72. The number of carbonyl (C=O) groups excluding carboxylic acids is 2. The van der Waals surface area contributed by atoms with E-state index in [0.29, 0.717) is 28.3 Å². The van der Waals surface area contributed by atoms with Crippen molar-refractivity contribution in [3.05, 3.63) is 92.9 Å². The molecule has 2 heterocycles. The summed E-state index contributed by atoms with van der Waals surface area (Å²) in [6.45, 7) is 0.235. The van der Waals surface area contributed by atoms with Crippen molar-refractivity contribution >= 4 is 40.5 Å². The molecular formula is C25H23ClFN3O3S. The molecule has 1 aromatic heterocycles. The maximum Gasteiger partial charge on any atom is 0.262 e. The van der Waals surface area contributed by atoms with E-state index in [2.05, 4.69) is 5.10 Å². The van der Waals surface area contributed by atoms with Gasteiger partial charge in [0.15, 0.2) is 0 Å². The highest BCUT2D eigenvalue weighted by Crippen LogP contribution is 2.35. The van der Waals surface area contributed by atoms with Gasteiger partial charge in [0, 0.05) is 30.5 Å². The first kappa shape index (κ1) is 24.1. The van der Waals surface area contributed by atoms with Crippen LogP contribution in [0.2, 0.25) is 5.02 Å². The summed E-state index contributed by atoms with van der Waals surface area (Å²) in [5.74, 6) is -1.14. The molecule has 0 unspecified atom stereocenters. The third kappa shape index (κ3) is 5.19. The fourth-order valence-corrected chi connectivity index (χ4v) is 4.82. The summed E-state index contributed by atoms with van der Waals surface area (Å²) in [4.78, 5) is 29.0. The molecule has 0 aliphatic carbocycles. The highest BCUT2D eigenvalue weighted by Gasteiger charge is 2.35. The molecule has 0 spiro atoms. The Bertz CT molecular complexity index is 1200. The summed E-state index contributed by atoms with van der Waals surface area (Å²) in [7, 11) is 1.53. The number of halogens is 2. The zero-order chi connectivity index (χ0) is 24.1. The van der Waals surface area contributed by atoms with E-state index < -0.39 is 5.82 Å². The molecule has 0 bridgehead atoms. The van der Waals surface area contributed by atoms with Gasteiger partial charge in [0.05, 0.1) is 28.9 Å². The standard InChI is InChI=1S/C25H23ClFN3O3S/c1-33-13-12-29(25(32)17-7-2-4-9-19(17)26)16-24(31)30-22(23-11-6-14-34-23)15-21(28-30)18-8-3-5-10-20(18)27/h2-11,14,22H,12-13,15-16H2,1H3/t22-/m0/s1. The lowest BCUT2D eigenvalue weighted by Gasteiger charge is -2.26. The molecule has 0 saturated heterocycles. The Morgan fingerprint density at radius 1 is 1.18 bits per heavy atom. The third-order valence-corrected chi connectivity index (χ3v) is 6.81. The van der Waals surface area contributed by atoms with Crippen LogP contribution >= 0.6 is 22.9 Å². The van der Waals surface area contributed by atoms with Crippen molar-refractivity contribution in [1.29, 1.82) is 0 Å². The van der Waals surface area contributed by atoms with E-state index in [-0.39, 0.29) is 37.6 Å². The van der Waals surface area contributed by atoms with Crippen LogP contribution in [-0.4, -0.2) is 54.2 Å². The summed E-state index contributed by atoms with van der Waals surface area (Å²) in [6.07, 6.45) is 0.379. The molecule has 1 atom stereocenters. The number of hydrazone groups is 1. The first-order chi connectivity index (χ1) is 16.5. The molecule has 34 heavy (non-hydrogen) atoms. The Morgan fingerprint density at radius 2 is 1.94 bits per heavy atom. The number of carbonyl (C=O) groups is 2. The quantitative estimate of drug-likeness (QED) is 0.438. The summed E-state index contributed by atoms with van der Waals surface area (Å²) < 4.78 is 19.6. The predicted octanol–water partition coefficient (Wildman–Crippen LogP) is 5.01. The summed E-state index contributed by atoms with van der Waals surface area (Å²) in [6, 6.07) is 16.5. The van der Waals surface area contributed by atoms with Crippen molar-refractivity contribution in [1.82, 2.24) is 9.91 Å². The highest BCUT2D eigenvalue weighted by atomic mass is 35.5. The molecule has 2 amide bonds. The number of ether oxygens (including phenoxy) is 1. The van der Waals surface area contributed by atoms with Crippen LogP contribution in [0, 0.1) is 5.82 Å². The maximum atomic E-state index is 14.5. The first-order valence-electron chi connectivity index (χ1n) is 10.7. The average Bonchev–Trinajstić information content (AvgIpc) is 3.52. The number of hydrogen-bond acceptors (Lipinski definition) is 5. The van der Waals surface area contributed by atoms with Crippen LogP contribution in [0.25, 0.3) is 0 Å². The number of thiophene rings is 1. The molecule has 2 aromatic carbocycles. The van der Waals surface area contributed by atoms with Crippen molar-refractivity contribution in [2.24, 2.45) is 5.10 Å². The topological polar surface area (TPSA) is 62.2 Å². The van der Waals surface area contributed by atoms with Crippen LogP contribution in [0.4, 0.5) is 4.39 Å². The van der Waals surface area contributed by atoms with Gasteiger partial charge in [-0.15, -0.1) is 11.3 Å². The fraction of sp³-hybridized carbons (Fsp3) is 0.240. The normalized spacial score (nSPS) is 15.3. The average molecular weight is 500 g/mol. The molecule has 0 N–H and O–H groups in total. The minimum atomic E-state index is -0.393. The number of amides is 2. The minimum absolute atomic E-state index is 0.202. The second-order valence-electron chi connectivity index (χ2n) is 7.70. The zero-order valence-electron chi connectivity index (χ0n) is 18.5. The van der Waals surface area contributed by atoms with Crippen LogP contribution in [-0.2, 0) is 9.53 Å². The Balaban J connectivity index is 1.62. The van der Waals surface area contributed by atoms with E-state index in [4.69, 9.17) is 16.3 Å². The van der Waals surface area contributed by atoms with Gasteiger partial charge in [-0.05, 0) is 29.6 Å². The second-order valence-corrected chi connectivity index (χ2v) is 9.09. The van der Waals surface area contributed by atoms with E-state index in [1.807, 2.05) is 17.5 Å². The lowest BCUT2D eigenvalue weighted by atomic mass is 10.0. The van der Waals surface area contributed by atoms with Gasteiger partial charge < -0.3 is 9.64 Å². The molecule has 1 aliphatic rings. The zero-order valence-corrected chi connectivity index (χ0v) is 20.1. The Morgan fingerprint density at radius 3 is 2.65 bits per heavy atom. The number of methoxy groups -OCH3 is 1. The van der Waals surface area contributed by atoms with Crippen molar-refractivity contribution in [2.75, 3.05) is 26.8 Å². The number of benzene rings is 2. The largest absolute Gasteiger partial charge is 0.383 e. The van der Waals surface area contributed by atoms with Crippen molar-refractivity contribution in [3.8, 4) is 0 Å². The Labute approximate surface area is 206 Å². The fourth-order valence-electron chi connectivity index (χ4n) is 3.80. The lowest BCUT2D eigenvalue weighted by molar-refractivity contribution is -0.133. The molecule has 1 aliphatic heterocycles. The number of nitrogens with zero attached hydrogens (tertiary/aromatic N) is 3. The third-order valence-electron chi connectivity index (χ3n) is 5.51. The minimum Gasteiger partial charge on any atom is -0.383 e. The molecule has 0 radical (unpaired) electrons. The van der Waals surface area contributed by atoms with Crippen LogP contribution in [0.5, 0.6) is 0 Å². The number of hydrogen-bond donors (Lipinski definition) is 0. The van der Waals surface area contributed by atoms with E-state index in [1.165, 1.54) is 34.4 Å². The lowest BCUT2D eigenvalue weighted by Crippen LogP contribution is -2.42. The van der Waals surface area contributed by atoms with Crippen LogP contribution in [0.3, 0.4) is 0 Å². The molecule has 0 saturated carbocycles. The Hall–Kier alpha value is -3.07. The van der Waals surface area contributed by atoms with Gasteiger partial charge >= 0.3 is 0 Å². The highest BCUT2D eigenvalue weighted by molar-refractivity contribution is 7.10. The SMILES string of the molecule is COCCN(CC(=O)N1N=C(c2ccccc2F)C[C@H]1c1cccs1)C(=O)c1ccccc1Cl. The number of rotatable bonds is 8. The van der Waals surface area contributed by atoms with Gasteiger partial charge in [-0.25, -0.2) is 9.40 Å². The molecule has 176 valence electrons. The van der Waals surface area contributed by atoms with Gasteiger partial charge in [-0.3, -0.25) is 9.59 Å². The summed E-state index contributed by atoms with van der Waals surface area (Å²) in [5, 5.41) is 8.11. The molecule has 0 fully saturated rings. The van der Waals surface area contributed by atoms with Gasteiger partial charge in [0.1, 0.15) is 12.4 Å². The van der Waals surface area contributed by atoms with Gasteiger partial charge in [-0.1, -0.05) is 48.0 Å². The Kier molecular flexibility index (Phi) is 7.72. The predicted molar refractivity (Wildman–Crippen MR) is 131 cm³/mol.